The van der Waals surface area contributed by atoms with Crippen LogP contribution in [0.15, 0.2) is 0 Å². The SMILES string of the molecule is CNCCC(=O)NCC1CCCC1O. The van der Waals surface area contributed by atoms with E-state index in [-0.39, 0.29) is 17.9 Å². The Morgan fingerprint density at radius 1 is 1.50 bits per heavy atom. The third kappa shape index (κ3) is 3.64. The van der Waals surface area contributed by atoms with Crippen LogP contribution >= 0.6 is 0 Å². The lowest BCUT2D eigenvalue weighted by Crippen LogP contribution is -2.33. The van der Waals surface area contributed by atoms with Crippen molar-refractivity contribution in [3.63, 3.8) is 0 Å². The van der Waals surface area contributed by atoms with Crippen molar-refractivity contribution >= 4 is 5.91 Å². The summed E-state index contributed by atoms with van der Waals surface area (Å²) >= 11 is 0. The van der Waals surface area contributed by atoms with Gasteiger partial charge in [-0.25, -0.2) is 0 Å². The number of carbonyl (C=O) groups excluding carboxylic acids is 1. The van der Waals surface area contributed by atoms with Gasteiger partial charge in [0.15, 0.2) is 0 Å². The summed E-state index contributed by atoms with van der Waals surface area (Å²) in [7, 11) is 1.83. The molecule has 0 aromatic heterocycles. The summed E-state index contributed by atoms with van der Waals surface area (Å²) in [6, 6.07) is 0. The topological polar surface area (TPSA) is 61.4 Å². The van der Waals surface area contributed by atoms with Crippen LogP contribution in [0, 0.1) is 5.92 Å². The van der Waals surface area contributed by atoms with Crippen LogP contribution in [0.25, 0.3) is 0 Å². The molecular formula is C10H20N2O2. The van der Waals surface area contributed by atoms with Crippen molar-refractivity contribution in [1.29, 1.82) is 0 Å². The highest BCUT2D eigenvalue weighted by molar-refractivity contribution is 5.76. The number of hydrogen-bond donors (Lipinski definition) is 3. The van der Waals surface area contributed by atoms with Gasteiger partial charge in [0.2, 0.25) is 5.91 Å². The van der Waals surface area contributed by atoms with Crippen LogP contribution in [0.1, 0.15) is 25.7 Å². The van der Waals surface area contributed by atoms with Crippen molar-refractivity contribution < 1.29 is 9.90 Å². The molecule has 1 aliphatic rings. The third-order valence-corrected chi connectivity index (χ3v) is 2.78. The van der Waals surface area contributed by atoms with E-state index in [2.05, 4.69) is 10.6 Å². The largest absolute Gasteiger partial charge is 0.393 e. The molecule has 0 heterocycles. The minimum absolute atomic E-state index is 0.0680. The molecule has 2 unspecified atom stereocenters. The van der Waals surface area contributed by atoms with E-state index in [1.54, 1.807) is 0 Å². The molecule has 1 amide bonds. The molecule has 0 bridgehead atoms. The van der Waals surface area contributed by atoms with Crippen LogP contribution in [0.4, 0.5) is 0 Å². The molecule has 0 aromatic rings. The van der Waals surface area contributed by atoms with Gasteiger partial charge < -0.3 is 15.7 Å². The molecule has 1 fully saturated rings. The number of nitrogens with one attached hydrogen (secondary N) is 2. The Morgan fingerprint density at radius 2 is 2.29 bits per heavy atom. The Hall–Kier alpha value is -0.610. The van der Waals surface area contributed by atoms with Gasteiger partial charge >= 0.3 is 0 Å². The molecule has 0 radical (unpaired) electrons. The van der Waals surface area contributed by atoms with Crippen LogP contribution in [0.5, 0.6) is 0 Å². The molecule has 0 saturated heterocycles. The molecule has 1 aliphatic carbocycles. The number of carbonyl (C=O) groups is 1. The summed E-state index contributed by atoms with van der Waals surface area (Å²) in [6.45, 7) is 1.34. The molecule has 0 aliphatic heterocycles. The zero-order chi connectivity index (χ0) is 10.4. The first-order chi connectivity index (χ1) is 6.74. The van der Waals surface area contributed by atoms with Gasteiger partial charge in [-0.05, 0) is 19.9 Å². The van der Waals surface area contributed by atoms with E-state index in [4.69, 9.17) is 0 Å². The van der Waals surface area contributed by atoms with Gasteiger partial charge in [-0.3, -0.25) is 4.79 Å². The van der Waals surface area contributed by atoms with Gasteiger partial charge in [0.25, 0.3) is 0 Å². The van der Waals surface area contributed by atoms with Gasteiger partial charge in [-0.15, -0.1) is 0 Å². The minimum atomic E-state index is -0.209. The van der Waals surface area contributed by atoms with E-state index < -0.39 is 0 Å². The highest BCUT2D eigenvalue weighted by Crippen LogP contribution is 2.24. The molecule has 4 nitrogen and oxygen atoms in total. The highest BCUT2D eigenvalue weighted by atomic mass is 16.3. The van der Waals surface area contributed by atoms with Crippen molar-refractivity contribution in [1.82, 2.24) is 10.6 Å². The first kappa shape index (κ1) is 11.5. The number of aliphatic hydroxyl groups is 1. The summed E-state index contributed by atoms with van der Waals surface area (Å²) < 4.78 is 0. The predicted molar refractivity (Wildman–Crippen MR) is 54.9 cm³/mol. The van der Waals surface area contributed by atoms with Gasteiger partial charge in [0.05, 0.1) is 6.10 Å². The molecule has 3 N–H and O–H groups in total. The smallest absolute Gasteiger partial charge is 0.221 e. The van der Waals surface area contributed by atoms with E-state index >= 15 is 0 Å². The highest BCUT2D eigenvalue weighted by Gasteiger charge is 2.25. The Labute approximate surface area is 85.1 Å². The maximum absolute atomic E-state index is 11.2. The maximum Gasteiger partial charge on any atom is 0.221 e. The maximum atomic E-state index is 11.2. The van der Waals surface area contributed by atoms with Crippen molar-refractivity contribution in [2.75, 3.05) is 20.1 Å². The molecule has 14 heavy (non-hydrogen) atoms. The molecule has 0 aromatic carbocycles. The fourth-order valence-corrected chi connectivity index (χ4v) is 1.83. The van der Waals surface area contributed by atoms with Crippen molar-refractivity contribution in [2.24, 2.45) is 5.92 Å². The number of hydrogen-bond acceptors (Lipinski definition) is 3. The van der Waals surface area contributed by atoms with Crippen LogP contribution < -0.4 is 10.6 Å². The quantitative estimate of drug-likeness (QED) is 0.579. The molecule has 4 heteroatoms. The fourth-order valence-electron chi connectivity index (χ4n) is 1.83. The molecule has 1 rings (SSSR count). The second-order valence-electron chi connectivity index (χ2n) is 3.92. The fraction of sp³-hybridized carbons (Fsp3) is 0.900. The summed E-state index contributed by atoms with van der Waals surface area (Å²) in [4.78, 5) is 11.2. The van der Waals surface area contributed by atoms with Gasteiger partial charge in [0, 0.05) is 25.4 Å². The summed E-state index contributed by atoms with van der Waals surface area (Å²) in [5.74, 6) is 0.340. The van der Waals surface area contributed by atoms with Crippen molar-refractivity contribution in [2.45, 2.75) is 31.8 Å². The zero-order valence-corrected chi connectivity index (χ0v) is 8.75. The Balaban J connectivity index is 2.10. The predicted octanol–water partition coefficient (Wildman–Crippen LogP) is -0.127. The summed E-state index contributed by atoms with van der Waals surface area (Å²) in [5, 5.41) is 15.3. The zero-order valence-electron chi connectivity index (χ0n) is 8.75. The number of amides is 1. The lowest BCUT2D eigenvalue weighted by Gasteiger charge is -2.14. The van der Waals surface area contributed by atoms with E-state index in [1.807, 2.05) is 7.05 Å². The molecule has 0 spiro atoms. The molecule has 2 atom stereocenters. The second kappa shape index (κ2) is 5.98. The lowest BCUT2D eigenvalue weighted by atomic mass is 10.1. The van der Waals surface area contributed by atoms with E-state index in [1.165, 1.54) is 0 Å². The normalized spacial score (nSPS) is 26.4. The van der Waals surface area contributed by atoms with Gasteiger partial charge in [-0.2, -0.15) is 0 Å². The van der Waals surface area contributed by atoms with E-state index in [0.717, 1.165) is 19.3 Å². The Kier molecular flexibility index (Phi) is 4.90. The standard InChI is InChI=1S/C10H20N2O2/c1-11-6-5-10(14)12-7-8-3-2-4-9(8)13/h8-9,11,13H,2-7H2,1H3,(H,12,14). The Bertz CT molecular complexity index is 185. The lowest BCUT2D eigenvalue weighted by molar-refractivity contribution is -0.121. The van der Waals surface area contributed by atoms with Crippen molar-refractivity contribution in [3.8, 4) is 0 Å². The van der Waals surface area contributed by atoms with E-state index in [0.29, 0.717) is 19.5 Å². The Morgan fingerprint density at radius 3 is 2.86 bits per heavy atom. The van der Waals surface area contributed by atoms with Crippen LogP contribution in [0.3, 0.4) is 0 Å². The van der Waals surface area contributed by atoms with Crippen LogP contribution in [-0.4, -0.2) is 37.3 Å². The third-order valence-electron chi connectivity index (χ3n) is 2.78. The summed E-state index contributed by atoms with van der Waals surface area (Å²) in [6.07, 6.45) is 3.31. The minimum Gasteiger partial charge on any atom is -0.393 e. The van der Waals surface area contributed by atoms with Gasteiger partial charge in [-0.1, -0.05) is 6.42 Å². The average Bonchev–Trinajstić information content (AvgIpc) is 2.58. The summed E-state index contributed by atoms with van der Waals surface area (Å²) in [5.41, 5.74) is 0. The van der Waals surface area contributed by atoms with E-state index in [9.17, 15) is 9.90 Å². The van der Waals surface area contributed by atoms with Gasteiger partial charge in [0.1, 0.15) is 0 Å². The number of aliphatic hydroxyl groups excluding tert-OH is 1. The number of rotatable bonds is 5. The molecule has 1 saturated carbocycles. The first-order valence-corrected chi connectivity index (χ1v) is 5.33. The first-order valence-electron chi connectivity index (χ1n) is 5.33. The molecule has 82 valence electrons. The van der Waals surface area contributed by atoms with Crippen LogP contribution in [-0.2, 0) is 4.79 Å². The van der Waals surface area contributed by atoms with Crippen molar-refractivity contribution in [3.05, 3.63) is 0 Å². The average molecular weight is 200 g/mol. The van der Waals surface area contributed by atoms with Crippen LogP contribution in [0.2, 0.25) is 0 Å². The molecular weight excluding hydrogens is 180 g/mol. The monoisotopic (exact) mass is 200 g/mol. The second-order valence-corrected chi connectivity index (χ2v) is 3.92.